The van der Waals surface area contributed by atoms with E-state index in [-0.39, 0.29) is 12.5 Å². The molecule has 1 atom stereocenters. The zero-order valence-electron chi connectivity index (χ0n) is 9.44. The first kappa shape index (κ1) is 12.7. The highest BCUT2D eigenvalue weighted by atomic mass is 16.3. The fourth-order valence-electron chi connectivity index (χ4n) is 1.45. The number of hydrogen-bond acceptors (Lipinski definition) is 3. The summed E-state index contributed by atoms with van der Waals surface area (Å²) in [6.45, 7) is 1.88. The number of aliphatic hydroxyl groups is 1. The van der Waals surface area contributed by atoms with E-state index in [9.17, 15) is 4.79 Å². The van der Waals surface area contributed by atoms with E-state index < -0.39 is 6.04 Å². The van der Waals surface area contributed by atoms with Crippen LogP contribution >= 0.6 is 0 Å². The third-order valence-corrected chi connectivity index (χ3v) is 2.38. The summed E-state index contributed by atoms with van der Waals surface area (Å²) < 4.78 is 0. The Bertz CT molecular complexity index is 353. The van der Waals surface area contributed by atoms with Crippen LogP contribution in [0.15, 0.2) is 24.3 Å². The molecule has 4 heteroatoms. The molecule has 0 aliphatic carbocycles. The van der Waals surface area contributed by atoms with Gasteiger partial charge in [0.1, 0.15) is 0 Å². The predicted molar refractivity (Wildman–Crippen MR) is 63.9 cm³/mol. The van der Waals surface area contributed by atoms with Crippen molar-refractivity contribution in [1.29, 1.82) is 0 Å². The van der Waals surface area contributed by atoms with Crippen molar-refractivity contribution in [1.82, 2.24) is 0 Å². The summed E-state index contributed by atoms with van der Waals surface area (Å²) in [4.78, 5) is 11.7. The van der Waals surface area contributed by atoms with E-state index in [1.54, 1.807) is 18.2 Å². The van der Waals surface area contributed by atoms with Crippen LogP contribution in [0.3, 0.4) is 0 Å². The van der Waals surface area contributed by atoms with E-state index in [1.165, 1.54) is 0 Å². The van der Waals surface area contributed by atoms with E-state index in [4.69, 9.17) is 10.8 Å². The Balaban J connectivity index is 2.69. The summed E-state index contributed by atoms with van der Waals surface area (Å²) in [6.07, 6.45) is 1.53. The van der Waals surface area contributed by atoms with Crippen LogP contribution in [0.2, 0.25) is 0 Å². The molecule has 1 aromatic carbocycles. The summed E-state index contributed by atoms with van der Waals surface area (Å²) >= 11 is 0. The highest BCUT2D eigenvalue weighted by Gasteiger charge is 2.13. The molecular formula is C12H18N2O2. The lowest BCUT2D eigenvalue weighted by molar-refractivity contribution is -0.117. The average Bonchev–Trinajstić information content (AvgIpc) is 2.30. The summed E-state index contributed by atoms with van der Waals surface area (Å²) in [5.74, 6) is -0.206. The summed E-state index contributed by atoms with van der Waals surface area (Å²) in [6, 6.07) is 6.65. The number of nitrogens with two attached hydrogens (primary N) is 1. The van der Waals surface area contributed by atoms with Crippen molar-refractivity contribution in [3.8, 4) is 0 Å². The molecule has 4 nitrogen and oxygen atoms in total. The Labute approximate surface area is 95.5 Å². The zero-order chi connectivity index (χ0) is 12.0. The smallest absolute Gasteiger partial charge is 0.241 e. The van der Waals surface area contributed by atoms with Gasteiger partial charge in [0.2, 0.25) is 5.91 Å². The Hall–Kier alpha value is -1.39. The maximum Gasteiger partial charge on any atom is 0.241 e. The number of benzene rings is 1. The van der Waals surface area contributed by atoms with Gasteiger partial charge < -0.3 is 16.2 Å². The van der Waals surface area contributed by atoms with Gasteiger partial charge >= 0.3 is 0 Å². The van der Waals surface area contributed by atoms with Gasteiger partial charge in [-0.2, -0.15) is 0 Å². The van der Waals surface area contributed by atoms with Crippen molar-refractivity contribution in [3.05, 3.63) is 29.8 Å². The molecule has 0 bridgehead atoms. The Morgan fingerprint density at radius 2 is 2.19 bits per heavy atom. The van der Waals surface area contributed by atoms with Gasteiger partial charge in [-0.05, 0) is 12.5 Å². The fourth-order valence-corrected chi connectivity index (χ4v) is 1.45. The van der Waals surface area contributed by atoms with Crippen molar-refractivity contribution in [2.75, 3.05) is 5.32 Å². The molecule has 4 N–H and O–H groups in total. The number of rotatable bonds is 5. The maximum absolute atomic E-state index is 11.7. The van der Waals surface area contributed by atoms with Crippen LogP contribution in [0.5, 0.6) is 0 Å². The number of hydrogen-bond donors (Lipinski definition) is 3. The topological polar surface area (TPSA) is 75.4 Å². The molecule has 0 saturated carbocycles. The standard InChI is InChI=1S/C12H18N2O2/c1-2-5-10(13)12(16)14-11-7-4-3-6-9(11)8-15/h3-4,6-7,10,15H,2,5,8,13H2,1H3,(H,14,16)/t10-/m0/s1. The quantitative estimate of drug-likeness (QED) is 0.701. The Kier molecular flexibility index (Phi) is 4.95. The minimum absolute atomic E-state index is 0.0977. The molecule has 1 amide bonds. The van der Waals surface area contributed by atoms with Gasteiger partial charge in [-0.1, -0.05) is 31.5 Å². The van der Waals surface area contributed by atoms with Crippen LogP contribution < -0.4 is 11.1 Å². The van der Waals surface area contributed by atoms with Gasteiger partial charge in [0, 0.05) is 11.3 Å². The normalized spacial score (nSPS) is 12.2. The highest BCUT2D eigenvalue weighted by Crippen LogP contribution is 2.15. The van der Waals surface area contributed by atoms with E-state index in [2.05, 4.69) is 5.32 Å². The largest absolute Gasteiger partial charge is 0.392 e. The maximum atomic E-state index is 11.7. The summed E-state index contributed by atoms with van der Waals surface area (Å²) in [5.41, 5.74) is 7.01. The summed E-state index contributed by atoms with van der Waals surface area (Å²) in [7, 11) is 0. The Morgan fingerprint density at radius 1 is 1.50 bits per heavy atom. The second kappa shape index (κ2) is 6.25. The van der Waals surface area contributed by atoms with Gasteiger partial charge in [-0.3, -0.25) is 4.79 Å². The minimum atomic E-state index is -0.489. The number of nitrogens with one attached hydrogen (secondary N) is 1. The molecule has 0 aliphatic heterocycles. The van der Waals surface area contributed by atoms with E-state index in [0.717, 1.165) is 6.42 Å². The summed E-state index contributed by atoms with van der Waals surface area (Å²) in [5, 5.41) is 11.8. The van der Waals surface area contributed by atoms with Gasteiger partial charge in [-0.25, -0.2) is 0 Å². The molecule has 0 unspecified atom stereocenters. The fraction of sp³-hybridized carbons (Fsp3) is 0.417. The second-order valence-electron chi connectivity index (χ2n) is 3.70. The SMILES string of the molecule is CCC[C@H](N)C(=O)Nc1ccccc1CO. The third kappa shape index (κ3) is 3.32. The molecule has 0 radical (unpaired) electrons. The van der Waals surface area contributed by atoms with Crippen molar-refractivity contribution in [3.63, 3.8) is 0 Å². The molecule has 0 saturated heterocycles. The van der Waals surface area contributed by atoms with Crippen molar-refractivity contribution in [2.45, 2.75) is 32.4 Å². The van der Waals surface area contributed by atoms with Gasteiger partial charge in [0.05, 0.1) is 12.6 Å². The first-order valence-corrected chi connectivity index (χ1v) is 5.44. The van der Waals surface area contributed by atoms with E-state index >= 15 is 0 Å². The van der Waals surface area contributed by atoms with Gasteiger partial charge in [0.15, 0.2) is 0 Å². The van der Waals surface area contributed by atoms with Gasteiger partial charge in [0.25, 0.3) is 0 Å². The highest BCUT2D eigenvalue weighted by molar-refractivity contribution is 5.95. The molecular weight excluding hydrogens is 204 g/mol. The molecule has 0 heterocycles. The molecule has 16 heavy (non-hydrogen) atoms. The lowest BCUT2D eigenvalue weighted by Gasteiger charge is -2.13. The molecule has 0 aromatic heterocycles. The molecule has 1 rings (SSSR count). The molecule has 0 fully saturated rings. The van der Waals surface area contributed by atoms with Crippen LogP contribution in [0, 0.1) is 0 Å². The first-order chi connectivity index (χ1) is 7.69. The van der Waals surface area contributed by atoms with Crippen molar-refractivity contribution in [2.24, 2.45) is 5.73 Å². The van der Waals surface area contributed by atoms with Crippen LogP contribution in [-0.4, -0.2) is 17.1 Å². The van der Waals surface area contributed by atoms with Crippen LogP contribution in [0.25, 0.3) is 0 Å². The lowest BCUT2D eigenvalue weighted by Crippen LogP contribution is -2.35. The zero-order valence-corrected chi connectivity index (χ0v) is 9.44. The van der Waals surface area contributed by atoms with E-state index in [1.807, 2.05) is 13.0 Å². The predicted octanol–water partition coefficient (Wildman–Crippen LogP) is 1.24. The second-order valence-corrected chi connectivity index (χ2v) is 3.70. The van der Waals surface area contributed by atoms with E-state index in [0.29, 0.717) is 17.7 Å². The minimum Gasteiger partial charge on any atom is -0.392 e. The number of anilines is 1. The first-order valence-electron chi connectivity index (χ1n) is 5.44. The van der Waals surface area contributed by atoms with Crippen LogP contribution in [-0.2, 0) is 11.4 Å². The van der Waals surface area contributed by atoms with Crippen LogP contribution in [0.4, 0.5) is 5.69 Å². The lowest BCUT2D eigenvalue weighted by atomic mass is 10.1. The number of carbonyl (C=O) groups is 1. The molecule has 88 valence electrons. The average molecular weight is 222 g/mol. The number of amides is 1. The monoisotopic (exact) mass is 222 g/mol. The number of carbonyl (C=O) groups excluding carboxylic acids is 1. The Morgan fingerprint density at radius 3 is 2.81 bits per heavy atom. The molecule has 0 aliphatic rings. The van der Waals surface area contributed by atoms with Crippen molar-refractivity contribution >= 4 is 11.6 Å². The van der Waals surface area contributed by atoms with Crippen molar-refractivity contribution < 1.29 is 9.90 Å². The number of aliphatic hydroxyl groups excluding tert-OH is 1. The number of para-hydroxylation sites is 1. The third-order valence-electron chi connectivity index (χ3n) is 2.38. The molecule has 1 aromatic rings. The van der Waals surface area contributed by atoms with Crippen LogP contribution in [0.1, 0.15) is 25.3 Å². The van der Waals surface area contributed by atoms with Gasteiger partial charge in [-0.15, -0.1) is 0 Å². The molecule has 0 spiro atoms.